The standard InChI is InChI=1S/C17H18O2/c18-16-8-4-3-7-15(16)17(19)14-10-9-12-5-1-2-6-13(12)11-14/h1-2,5-6,9-11,15,17,19H,3-4,7-8H2. The predicted molar refractivity (Wildman–Crippen MR) is 75.9 cm³/mol. The third-order valence-corrected chi connectivity index (χ3v) is 4.10. The molecular formula is C17H18O2. The van der Waals surface area contributed by atoms with E-state index in [0.717, 1.165) is 35.6 Å². The zero-order valence-corrected chi connectivity index (χ0v) is 10.9. The van der Waals surface area contributed by atoms with Gasteiger partial charge >= 0.3 is 0 Å². The monoisotopic (exact) mass is 254 g/mol. The molecule has 3 rings (SSSR count). The van der Waals surface area contributed by atoms with Gasteiger partial charge in [0, 0.05) is 12.3 Å². The van der Waals surface area contributed by atoms with Crippen molar-refractivity contribution >= 4 is 16.6 Å². The summed E-state index contributed by atoms with van der Waals surface area (Å²) in [5.74, 6) is 0.00169. The number of benzene rings is 2. The molecule has 0 heterocycles. The summed E-state index contributed by atoms with van der Waals surface area (Å²) in [7, 11) is 0. The zero-order valence-electron chi connectivity index (χ0n) is 10.9. The molecule has 1 saturated carbocycles. The third-order valence-electron chi connectivity index (χ3n) is 4.10. The normalized spacial score (nSPS) is 21.5. The summed E-state index contributed by atoms with van der Waals surface area (Å²) in [6.45, 7) is 0. The van der Waals surface area contributed by atoms with Gasteiger partial charge in [-0.05, 0) is 35.2 Å². The molecular weight excluding hydrogens is 236 g/mol. The van der Waals surface area contributed by atoms with Crippen LogP contribution in [0.25, 0.3) is 10.8 Å². The highest BCUT2D eigenvalue weighted by molar-refractivity contribution is 5.84. The SMILES string of the molecule is O=C1CCCCC1C(O)c1ccc2ccccc2c1. The van der Waals surface area contributed by atoms with E-state index in [-0.39, 0.29) is 11.7 Å². The van der Waals surface area contributed by atoms with Crippen molar-refractivity contribution in [1.29, 1.82) is 0 Å². The summed E-state index contributed by atoms with van der Waals surface area (Å²) in [6.07, 6.45) is 2.79. The van der Waals surface area contributed by atoms with Gasteiger partial charge in [0.1, 0.15) is 5.78 Å². The van der Waals surface area contributed by atoms with Crippen molar-refractivity contribution in [2.75, 3.05) is 0 Å². The van der Waals surface area contributed by atoms with Crippen molar-refractivity contribution in [2.24, 2.45) is 5.92 Å². The van der Waals surface area contributed by atoms with Gasteiger partial charge in [0.25, 0.3) is 0 Å². The molecule has 2 atom stereocenters. The zero-order chi connectivity index (χ0) is 13.2. The molecule has 2 aromatic rings. The van der Waals surface area contributed by atoms with Gasteiger partial charge in [-0.15, -0.1) is 0 Å². The first-order valence-electron chi connectivity index (χ1n) is 6.95. The molecule has 2 unspecified atom stereocenters. The number of hydrogen-bond acceptors (Lipinski definition) is 2. The second kappa shape index (κ2) is 5.14. The van der Waals surface area contributed by atoms with Crippen molar-refractivity contribution < 1.29 is 9.90 Å². The maximum atomic E-state index is 11.9. The number of carbonyl (C=O) groups excluding carboxylic acids is 1. The van der Waals surface area contributed by atoms with Crippen LogP contribution < -0.4 is 0 Å². The molecule has 1 aliphatic carbocycles. The summed E-state index contributed by atoms with van der Waals surface area (Å²) in [4.78, 5) is 11.9. The molecule has 0 spiro atoms. The van der Waals surface area contributed by atoms with Gasteiger partial charge < -0.3 is 5.11 Å². The Balaban J connectivity index is 1.92. The topological polar surface area (TPSA) is 37.3 Å². The number of hydrogen-bond donors (Lipinski definition) is 1. The van der Waals surface area contributed by atoms with E-state index in [1.165, 1.54) is 0 Å². The van der Waals surface area contributed by atoms with E-state index in [0.29, 0.717) is 6.42 Å². The van der Waals surface area contributed by atoms with Crippen molar-refractivity contribution in [3.8, 4) is 0 Å². The Morgan fingerprint density at radius 1 is 1.05 bits per heavy atom. The van der Waals surface area contributed by atoms with E-state index >= 15 is 0 Å². The number of aliphatic hydroxyl groups is 1. The lowest BCUT2D eigenvalue weighted by atomic mass is 9.81. The maximum Gasteiger partial charge on any atom is 0.138 e. The largest absolute Gasteiger partial charge is 0.388 e. The first-order chi connectivity index (χ1) is 9.25. The maximum absolute atomic E-state index is 11.9. The fourth-order valence-electron chi connectivity index (χ4n) is 2.97. The van der Waals surface area contributed by atoms with Crippen LogP contribution in [0.15, 0.2) is 42.5 Å². The Hall–Kier alpha value is -1.67. The average molecular weight is 254 g/mol. The van der Waals surface area contributed by atoms with Gasteiger partial charge in [0.2, 0.25) is 0 Å². The highest BCUT2D eigenvalue weighted by Gasteiger charge is 2.29. The van der Waals surface area contributed by atoms with Crippen LogP contribution >= 0.6 is 0 Å². The average Bonchev–Trinajstić information content (AvgIpc) is 2.46. The Morgan fingerprint density at radius 3 is 2.63 bits per heavy atom. The van der Waals surface area contributed by atoms with Crippen LogP contribution in [0.3, 0.4) is 0 Å². The smallest absolute Gasteiger partial charge is 0.138 e. The van der Waals surface area contributed by atoms with E-state index in [4.69, 9.17) is 0 Å². The van der Waals surface area contributed by atoms with Crippen LogP contribution in [0.5, 0.6) is 0 Å². The summed E-state index contributed by atoms with van der Waals surface area (Å²) in [6, 6.07) is 14.0. The predicted octanol–water partition coefficient (Wildman–Crippen LogP) is 3.63. The van der Waals surface area contributed by atoms with Crippen molar-refractivity contribution in [3.05, 3.63) is 48.0 Å². The van der Waals surface area contributed by atoms with E-state index < -0.39 is 6.10 Å². The molecule has 98 valence electrons. The minimum atomic E-state index is -0.655. The van der Waals surface area contributed by atoms with Gasteiger partial charge in [0.15, 0.2) is 0 Å². The minimum absolute atomic E-state index is 0.213. The molecule has 0 saturated heterocycles. The van der Waals surface area contributed by atoms with Crippen molar-refractivity contribution in [2.45, 2.75) is 31.8 Å². The Labute approximate surface area is 113 Å². The second-order valence-corrected chi connectivity index (χ2v) is 5.37. The molecule has 0 aromatic heterocycles. The quantitative estimate of drug-likeness (QED) is 0.888. The lowest BCUT2D eigenvalue weighted by Gasteiger charge is -2.25. The van der Waals surface area contributed by atoms with E-state index in [1.807, 2.05) is 36.4 Å². The number of Topliss-reactive ketones (excluding diaryl/α,β-unsaturated/α-hetero) is 1. The van der Waals surface area contributed by atoms with Crippen LogP contribution in [0, 0.1) is 5.92 Å². The Bertz CT molecular complexity index is 603. The van der Waals surface area contributed by atoms with Crippen molar-refractivity contribution in [1.82, 2.24) is 0 Å². The second-order valence-electron chi connectivity index (χ2n) is 5.37. The van der Waals surface area contributed by atoms with Gasteiger partial charge in [-0.3, -0.25) is 4.79 Å². The lowest BCUT2D eigenvalue weighted by molar-refractivity contribution is -0.128. The van der Waals surface area contributed by atoms with Gasteiger partial charge in [0.05, 0.1) is 6.10 Å². The summed E-state index contributed by atoms with van der Waals surface area (Å²) in [5, 5.41) is 12.7. The Morgan fingerprint density at radius 2 is 1.84 bits per heavy atom. The fraction of sp³-hybridized carbons (Fsp3) is 0.353. The summed E-state index contributed by atoms with van der Waals surface area (Å²) < 4.78 is 0. The molecule has 2 aromatic carbocycles. The Kier molecular flexibility index (Phi) is 3.34. The van der Waals surface area contributed by atoms with Crippen molar-refractivity contribution in [3.63, 3.8) is 0 Å². The third kappa shape index (κ3) is 2.41. The first-order valence-corrected chi connectivity index (χ1v) is 6.95. The number of aliphatic hydroxyl groups excluding tert-OH is 1. The van der Waals surface area contributed by atoms with Gasteiger partial charge in [-0.1, -0.05) is 42.8 Å². The molecule has 0 bridgehead atoms. The number of rotatable bonds is 2. The van der Waals surface area contributed by atoms with Gasteiger partial charge in [-0.2, -0.15) is 0 Å². The van der Waals surface area contributed by atoms with Crippen LogP contribution in [-0.4, -0.2) is 10.9 Å². The summed E-state index contributed by atoms with van der Waals surface area (Å²) >= 11 is 0. The molecule has 2 nitrogen and oxygen atoms in total. The highest BCUT2D eigenvalue weighted by Crippen LogP contribution is 2.33. The van der Waals surface area contributed by atoms with E-state index in [1.54, 1.807) is 0 Å². The van der Waals surface area contributed by atoms with Crippen LogP contribution in [0.1, 0.15) is 37.4 Å². The van der Waals surface area contributed by atoms with E-state index in [2.05, 4.69) is 6.07 Å². The summed E-state index contributed by atoms with van der Waals surface area (Å²) in [5.41, 5.74) is 0.860. The highest BCUT2D eigenvalue weighted by atomic mass is 16.3. The van der Waals surface area contributed by atoms with Crippen LogP contribution in [0.4, 0.5) is 0 Å². The van der Waals surface area contributed by atoms with Crippen LogP contribution in [0.2, 0.25) is 0 Å². The van der Waals surface area contributed by atoms with Crippen LogP contribution in [-0.2, 0) is 4.79 Å². The van der Waals surface area contributed by atoms with Gasteiger partial charge in [-0.25, -0.2) is 0 Å². The minimum Gasteiger partial charge on any atom is -0.388 e. The lowest BCUT2D eigenvalue weighted by Crippen LogP contribution is -2.25. The number of ketones is 1. The molecule has 1 N–H and O–H groups in total. The molecule has 19 heavy (non-hydrogen) atoms. The first kappa shape index (κ1) is 12.4. The van der Waals surface area contributed by atoms with E-state index in [9.17, 15) is 9.90 Å². The molecule has 0 amide bonds. The number of carbonyl (C=O) groups is 1. The number of fused-ring (bicyclic) bond motifs is 1. The molecule has 1 fully saturated rings. The molecule has 2 heteroatoms. The molecule has 1 aliphatic rings. The fourth-order valence-corrected chi connectivity index (χ4v) is 2.97. The molecule has 0 radical (unpaired) electrons. The molecule has 0 aliphatic heterocycles.